The number of rotatable bonds is 10. The van der Waals surface area contributed by atoms with Gasteiger partial charge in [-0.05, 0) is 25.8 Å². The van der Waals surface area contributed by atoms with E-state index in [0.29, 0.717) is 19.5 Å². The molecule has 0 fully saturated rings. The molecule has 0 aliphatic rings. The Bertz CT molecular complexity index is 232. The van der Waals surface area contributed by atoms with E-state index in [0.717, 1.165) is 32.1 Å². The van der Waals surface area contributed by atoms with Gasteiger partial charge in [0.15, 0.2) is 0 Å². The third-order valence-electron chi connectivity index (χ3n) is 2.52. The molecule has 5 nitrogen and oxygen atoms in total. The number of aliphatic carboxylic acids is 1. The zero-order valence-electron chi connectivity index (χ0n) is 10.7. The number of carboxylic acids is 1. The predicted octanol–water partition coefficient (Wildman–Crippen LogP) is 1.22. The lowest BCUT2D eigenvalue weighted by atomic mass is 10.1. The van der Waals surface area contributed by atoms with Gasteiger partial charge in [-0.3, -0.25) is 9.59 Å². The van der Waals surface area contributed by atoms with Crippen molar-refractivity contribution in [2.24, 2.45) is 5.73 Å². The van der Waals surface area contributed by atoms with Crippen molar-refractivity contribution < 1.29 is 14.7 Å². The minimum absolute atomic E-state index is 0.0537. The van der Waals surface area contributed by atoms with E-state index < -0.39 is 5.97 Å². The summed E-state index contributed by atoms with van der Waals surface area (Å²) < 4.78 is 0. The molecule has 0 spiro atoms. The highest BCUT2D eigenvalue weighted by Crippen LogP contribution is 2.05. The first-order chi connectivity index (χ1) is 8.11. The Labute approximate surface area is 103 Å². The van der Waals surface area contributed by atoms with E-state index in [1.165, 1.54) is 4.90 Å². The Morgan fingerprint density at radius 1 is 1.18 bits per heavy atom. The average molecular weight is 244 g/mol. The second-order valence-electron chi connectivity index (χ2n) is 4.16. The monoisotopic (exact) mass is 244 g/mol. The molecule has 3 N–H and O–H groups in total. The zero-order chi connectivity index (χ0) is 13.1. The quantitative estimate of drug-likeness (QED) is 0.566. The number of carbonyl (C=O) groups excluding carboxylic acids is 1. The smallest absolute Gasteiger partial charge is 0.323 e. The van der Waals surface area contributed by atoms with Crippen LogP contribution in [-0.2, 0) is 9.59 Å². The van der Waals surface area contributed by atoms with Gasteiger partial charge < -0.3 is 15.7 Å². The number of hydrogen-bond donors (Lipinski definition) is 2. The molecule has 0 aromatic carbocycles. The van der Waals surface area contributed by atoms with Crippen LogP contribution in [0.4, 0.5) is 0 Å². The van der Waals surface area contributed by atoms with Gasteiger partial charge in [-0.2, -0.15) is 0 Å². The average Bonchev–Trinajstić information content (AvgIpc) is 2.27. The van der Waals surface area contributed by atoms with Crippen molar-refractivity contribution in [3.63, 3.8) is 0 Å². The third kappa shape index (κ3) is 8.68. The Kier molecular flexibility index (Phi) is 9.43. The number of unbranched alkanes of at least 4 members (excludes halogenated alkanes) is 3. The van der Waals surface area contributed by atoms with Crippen LogP contribution in [0.15, 0.2) is 0 Å². The fraction of sp³-hybridized carbons (Fsp3) is 0.833. The van der Waals surface area contributed by atoms with Gasteiger partial charge in [-0.15, -0.1) is 0 Å². The summed E-state index contributed by atoms with van der Waals surface area (Å²) in [5.74, 6) is -1.00. The van der Waals surface area contributed by atoms with Gasteiger partial charge in [0.2, 0.25) is 5.91 Å². The molecule has 17 heavy (non-hydrogen) atoms. The fourth-order valence-electron chi connectivity index (χ4n) is 1.66. The summed E-state index contributed by atoms with van der Waals surface area (Å²) in [5.41, 5.74) is 5.37. The fourth-order valence-corrected chi connectivity index (χ4v) is 1.66. The molecule has 0 aromatic rings. The summed E-state index contributed by atoms with van der Waals surface area (Å²) in [6, 6.07) is 0. The summed E-state index contributed by atoms with van der Waals surface area (Å²) in [7, 11) is 0. The normalized spacial score (nSPS) is 10.2. The number of carbonyl (C=O) groups is 2. The number of hydrogen-bond acceptors (Lipinski definition) is 3. The van der Waals surface area contributed by atoms with E-state index in [9.17, 15) is 9.59 Å². The maximum Gasteiger partial charge on any atom is 0.323 e. The Morgan fingerprint density at radius 2 is 1.82 bits per heavy atom. The van der Waals surface area contributed by atoms with Crippen molar-refractivity contribution >= 4 is 11.9 Å². The first kappa shape index (κ1) is 15.9. The number of carboxylic acid groups (broad SMARTS) is 1. The summed E-state index contributed by atoms with van der Waals surface area (Å²) in [6.07, 6.45) is 5.05. The van der Waals surface area contributed by atoms with Crippen LogP contribution >= 0.6 is 0 Å². The van der Waals surface area contributed by atoms with Crippen LogP contribution in [0.2, 0.25) is 0 Å². The predicted molar refractivity (Wildman–Crippen MR) is 66.6 cm³/mol. The number of nitrogens with two attached hydrogens (primary N) is 1. The van der Waals surface area contributed by atoms with E-state index in [-0.39, 0.29) is 12.5 Å². The van der Waals surface area contributed by atoms with Gasteiger partial charge in [0.05, 0.1) is 0 Å². The lowest BCUT2D eigenvalue weighted by molar-refractivity contribution is -0.144. The second kappa shape index (κ2) is 10.1. The molecule has 0 saturated carbocycles. The van der Waals surface area contributed by atoms with Gasteiger partial charge >= 0.3 is 5.97 Å². The molecule has 1 amide bonds. The zero-order valence-corrected chi connectivity index (χ0v) is 10.7. The molecule has 0 saturated heterocycles. The molecule has 0 aromatic heterocycles. The molecule has 0 unspecified atom stereocenters. The van der Waals surface area contributed by atoms with Crippen molar-refractivity contribution in [2.75, 3.05) is 19.6 Å². The molecule has 5 heteroatoms. The van der Waals surface area contributed by atoms with Gasteiger partial charge in [0.1, 0.15) is 6.54 Å². The molecule has 0 atom stereocenters. The van der Waals surface area contributed by atoms with E-state index in [4.69, 9.17) is 10.8 Å². The molecular weight excluding hydrogens is 220 g/mol. The first-order valence-corrected chi connectivity index (χ1v) is 6.31. The van der Waals surface area contributed by atoms with Crippen LogP contribution in [-0.4, -0.2) is 41.5 Å². The van der Waals surface area contributed by atoms with E-state index in [2.05, 4.69) is 0 Å². The maximum absolute atomic E-state index is 11.7. The molecule has 100 valence electrons. The van der Waals surface area contributed by atoms with Crippen LogP contribution in [0, 0.1) is 0 Å². The third-order valence-corrected chi connectivity index (χ3v) is 2.52. The van der Waals surface area contributed by atoms with Gasteiger partial charge in [-0.1, -0.05) is 19.8 Å². The van der Waals surface area contributed by atoms with Crippen LogP contribution in [0.1, 0.15) is 45.4 Å². The Balaban J connectivity index is 3.84. The van der Waals surface area contributed by atoms with E-state index in [1.54, 1.807) is 0 Å². The molecule has 0 aliphatic heterocycles. The number of amides is 1. The second-order valence-corrected chi connectivity index (χ2v) is 4.16. The molecular formula is C12H24N2O3. The van der Waals surface area contributed by atoms with Crippen molar-refractivity contribution in [2.45, 2.75) is 45.4 Å². The van der Waals surface area contributed by atoms with Crippen LogP contribution in [0.3, 0.4) is 0 Å². The minimum atomic E-state index is -0.949. The Hall–Kier alpha value is -1.10. The Morgan fingerprint density at radius 3 is 2.35 bits per heavy atom. The van der Waals surface area contributed by atoms with E-state index >= 15 is 0 Å². The van der Waals surface area contributed by atoms with Gasteiger partial charge in [-0.25, -0.2) is 0 Å². The molecule has 0 bridgehead atoms. The highest BCUT2D eigenvalue weighted by Gasteiger charge is 2.14. The van der Waals surface area contributed by atoms with E-state index in [1.807, 2.05) is 6.92 Å². The van der Waals surface area contributed by atoms with Crippen LogP contribution in [0.5, 0.6) is 0 Å². The lowest BCUT2D eigenvalue weighted by Crippen LogP contribution is -2.36. The molecule has 0 aliphatic carbocycles. The van der Waals surface area contributed by atoms with Crippen LogP contribution in [0.25, 0.3) is 0 Å². The summed E-state index contributed by atoms with van der Waals surface area (Å²) >= 11 is 0. The minimum Gasteiger partial charge on any atom is -0.480 e. The van der Waals surface area contributed by atoms with Crippen molar-refractivity contribution in [1.82, 2.24) is 4.90 Å². The largest absolute Gasteiger partial charge is 0.480 e. The lowest BCUT2D eigenvalue weighted by Gasteiger charge is -2.19. The van der Waals surface area contributed by atoms with Crippen molar-refractivity contribution in [3.8, 4) is 0 Å². The summed E-state index contributed by atoms with van der Waals surface area (Å²) in [5, 5.41) is 8.69. The standard InChI is InChI=1S/C12H24N2O3/c1-2-9-14(10-12(16)17)11(15)7-5-3-4-6-8-13/h2-10,13H2,1H3,(H,16,17). The molecule has 0 radical (unpaired) electrons. The van der Waals surface area contributed by atoms with Crippen LogP contribution < -0.4 is 5.73 Å². The number of nitrogens with zero attached hydrogens (tertiary/aromatic N) is 1. The topological polar surface area (TPSA) is 83.6 Å². The first-order valence-electron chi connectivity index (χ1n) is 6.31. The van der Waals surface area contributed by atoms with Crippen molar-refractivity contribution in [3.05, 3.63) is 0 Å². The summed E-state index contributed by atoms with van der Waals surface area (Å²) in [6.45, 7) is 2.96. The van der Waals surface area contributed by atoms with Gasteiger partial charge in [0, 0.05) is 13.0 Å². The summed E-state index contributed by atoms with van der Waals surface area (Å²) in [4.78, 5) is 23.8. The highest BCUT2D eigenvalue weighted by molar-refractivity contribution is 5.81. The van der Waals surface area contributed by atoms with Gasteiger partial charge in [0.25, 0.3) is 0 Å². The highest BCUT2D eigenvalue weighted by atomic mass is 16.4. The SMILES string of the molecule is CCCN(CC(=O)O)C(=O)CCCCCCN. The maximum atomic E-state index is 11.7. The van der Waals surface area contributed by atoms with Crippen molar-refractivity contribution in [1.29, 1.82) is 0 Å². The molecule has 0 heterocycles. The molecule has 0 rings (SSSR count).